The van der Waals surface area contributed by atoms with Gasteiger partial charge in [0.1, 0.15) is 5.82 Å². The lowest BCUT2D eigenvalue weighted by Gasteiger charge is -2.22. The second-order valence-corrected chi connectivity index (χ2v) is 6.10. The second-order valence-electron chi connectivity index (χ2n) is 5.18. The molecule has 0 bridgehead atoms. The highest BCUT2D eigenvalue weighted by Crippen LogP contribution is 2.47. The minimum absolute atomic E-state index is 0.158. The molecule has 1 aliphatic rings. The fourth-order valence-corrected chi connectivity index (χ4v) is 2.73. The van der Waals surface area contributed by atoms with E-state index in [1.807, 2.05) is 11.9 Å². The molecule has 104 valence electrons. The lowest BCUT2D eigenvalue weighted by atomic mass is 10.1. The van der Waals surface area contributed by atoms with Crippen molar-refractivity contribution in [2.24, 2.45) is 5.41 Å². The van der Waals surface area contributed by atoms with Crippen molar-refractivity contribution in [1.82, 2.24) is 4.90 Å². The molecule has 1 aromatic carbocycles. The Balaban J connectivity index is 2.00. The summed E-state index contributed by atoms with van der Waals surface area (Å²) in [5.74, 6) is -0.382. The molecule has 0 atom stereocenters. The van der Waals surface area contributed by atoms with Crippen molar-refractivity contribution in [1.29, 1.82) is 0 Å². The van der Waals surface area contributed by atoms with Crippen LogP contribution >= 0.6 is 15.9 Å². The van der Waals surface area contributed by atoms with E-state index < -0.39 is 0 Å². The van der Waals surface area contributed by atoms with E-state index in [9.17, 15) is 9.18 Å². The van der Waals surface area contributed by atoms with Crippen molar-refractivity contribution in [3.63, 3.8) is 0 Å². The second kappa shape index (κ2) is 5.59. The van der Waals surface area contributed by atoms with Crippen molar-refractivity contribution in [2.45, 2.75) is 19.4 Å². The Bertz CT molecular complexity index is 488. The maximum Gasteiger partial charge on any atom is 0.313 e. The van der Waals surface area contributed by atoms with Crippen LogP contribution in [-0.4, -0.2) is 31.6 Å². The van der Waals surface area contributed by atoms with Crippen molar-refractivity contribution < 1.29 is 13.9 Å². The third kappa shape index (κ3) is 3.34. The zero-order valence-corrected chi connectivity index (χ0v) is 12.7. The number of methoxy groups -OCH3 is 1. The monoisotopic (exact) mass is 329 g/mol. The van der Waals surface area contributed by atoms with Crippen molar-refractivity contribution in [2.75, 3.05) is 20.7 Å². The largest absolute Gasteiger partial charge is 0.469 e. The van der Waals surface area contributed by atoms with Gasteiger partial charge in [-0.1, -0.05) is 15.9 Å². The first-order valence-corrected chi connectivity index (χ1v) is 6.97. The summed E-state index contributed by atoms with van der Waals surface area (Å²) in [5.41, 5.74) is 0.254. The first kappa shape index (κ1) is 14.5. The van der Waals surface area contributed by atoms with Gasteiger partial charge in [-0.3, -0.25) is 4.79 Å². The van der Waals surface area contributed by atoms with E-state index in [0.29, 0.717) is 18.7 Å². The van der Waals surface area contributed by atoms with Crippen LogP contribution in [0.25, 0.3) is 0 Å². The number of carbonyl (C=O) groups excluding carboxylic acids is 1. The van der Waals surface area contributed by atoms with Gasteiger partial charge in [0.05, 0.1) is 12.5 Å². The first-order chi connectivity index (χ1) is 8.97. The maximum atomic E-state index is 13.7. The normalized spacial score (nSPS) is 16.5. The lowest BCUT2D eigenvalue weighted by molar-refractivity contribution is -0.147. The highest BCUT2D eigenvalue weighted by Gasteiger charge is 2.51. The third-order valence-corrected chi connectivity index (χ3v) is 3.99. The number of nitrogens with zero attached hydrogens (tertiary/aromatic N) is 1. The smallest absolute Gasteiger partial charge is 0.313 e. The minimum Gasteiger partial charge on any atom is -0.469 e. The molecule has 0 radical (unpaired) electrons. The van der Waals surface area contributed by atoms with Gasteiger partial charge < -0.3 is 9.64 Å². The van der Waals surface area contributed by atoms with Crippen LogP contribution < -0.4 is 0 Å². The number of esters is 1. The molecule has 0 amide bonds. The lowest BCUT2D eigenvalue weighted by Crippen LogP contribution is -2.32. The Morgan fingerprint density at radius 1 is 1.53 bits per heavy atom. The number of benzene rings is 1. The van der Waals surface area contributed by atoms with Gasteiger partial charge in [-0.2, -0.15) is 0 Å². The van der Waals surface area contributed by atoms with Crippen LogP contribution in [0, 0.1) is 11.2 Å². The number of hydrogen-bond acceptors (Lipinski definition) is 3. The van der Waals surface area contributed by atoms with Gasteiger partial charge in [-0.25, -0.2) is 4.39 Å². The highest BCUT2D eigenvalue weighted by molar-refractivity contribution is 9.10. The molecular weight excluding hydrogens is 313 g/mol. The molecule has 1 aromatic rings. The van der Waals surface area contributed by atoms with E-state index in [2.05, 4.69) is 15.9 Å². The van der Waals surface area contributed by atoms with Gasteiger partial charge in [0, 0.05) is 23.1 Å². The fourth-order valence-electron chi connectivity index (χ4n) is 2.32. The molecule has 2 rings (SSSR count). The van der Waals surface area contributed by atoms with E-state index in [0.717, 1.165) is 17.3 Å². The van der Waals surface area contributed by atoms with Crippen LogP contribution in [0.2, 0.25) is 0 Å². The quantitative estimate of drug-likeness (QED) is 0.778. The van der Waals surface area contributed by atoms with Gasteiger partial charge in [-0.05, 0) is 38.1 Å². The molecular formula is C14H17BrFNO2. The summed E-state index contributed by atoms with van der Waals surface area (Å²) in [6, 6.07) is 4.89. The molecule has 0 N–H and O–H groups in total. The molecule has 5 heteroatoms. The van der Waals surface area contributed by atoms with Crippen LogP contribution in [-0.2, 0) is 16.1 Å². The molecule has 0 heterocycles. The minimum atomic E-state index is -0.369. The number of ether oxygens (including phenoxy) is 1. The molecule has 0 aromatic heterocycles. The number of carbonyl (C=O) groups is 1. The van der Waals surface area contributed by atoms with Crippen molar-refractivity contribution >= 4 is 21.9 Å². The third-order valence-electron chi connectivity index (χ3n) is 3.49. The van der Waals surface area contributed by atoms with Crippen LogP contribution in [0.1, 0.15) is 18.4 Å². The summed E-state index contributed by atoms with van der Waals surface area (Å²) >= 11 is 3.34. The Morgan fingerprint density at radius 3 is 2.79 bits per heavy atom. The predicted molar refractivity (Wildman–Crippen MR) is 74.1 cm³/mol. The highest BCUT2D eigenvalue weighted by atomic mass is 79.9. The molecule has 19 heavy (non-hydrogen) atoms. The molecule has 0 unspecified atom stereocenters. The van der Waals surface area contributed by atoms with Gasteiger partial charge in [0.2, 0.25) is 0 Å². The summed E-state index contributed by atoms with van der Waals surface area (Å²) in [4.78, 5) is 13.6. The van der Waals surface area contributed by atoms with Gasteiger partial charge in [-0.15, -0.1) is 0 Å². The van der Waals surface area contributed by atoms with Crippen LogP contribution in [0.15, 0.2) is 22.7 Å². The van der Waals surface area contributed by atoms with Crippen LogP contribution in [0.3, 0.4) is 0 Å². The van der Waals surface area contributed by atoms with Crippen molar-refractivity contribution in [3.8, 4) is 0 Å². The average Bonchev–Trinajstić information content (AvgIpc) is 3.13. The first-order valence-electron chi connectivity index (χ1n) is 6.18. The molecule has 0 spiro atoms. The van der Waals surface area contributed by atoms with E-state index in [1.165, 1.54) is 13.2 Å². The molecule has 0 aliphatic heterocycles. The molecule has 0 saturated heterocycles. The Hall–Kier alpha value is -0.940. The standard InChI is InChI=1S/C14H17BrFNO2/c1-17(9-14(5-6-14)13(18)19-2)8-10-7-11(15)3-4-12(10)16/h3-4,7H,5-6,8-9H2,1-2H3. The predicted octanol–water partition coefficient (Wildman–Crippen LogP) is 2.97. The van der Waals surface area contributed by atoms with Gasteiger partial charge in [0.15, 0.2) is 0 Å². The van der Waals surface area contributed by atoms with E-state index in [1.54, 1.807) is 12.1 Å². The fraction of sp³-hybridized carbons (Fsp3) is 0.500. The molecule has 1 saturated carbocycles. The van der Waals surface area contributed by atoms with Gasteiger partial charge in [0.25, 0.3) is 0 Å². The summed E-state index contributed by atoms with van der Waals surface area (Å²) in [6.45, 7) is 1.08. The number of hydrogen-bond donors (Lipinski definition) is 0. The number of halogens is 2. The zero-order chi connectivity index (χ0) is 14.0. The van der Waals surface area contributed by atoms with Crippen molar-refractivity contribution in [3.05, 3.63) is 34.1 Å². The molecule has 1 fully saturated rings. The van der Waals surface area contributed by atoms with E-state index in [4.69, 9.17) is 4.74 Å². The summed E-state index contributed by atoms with van der Waals surface area (Å²) < 4.78 is 19.3. The zero-order valence-electron chi connectivity index (χ0n) is 11.1. The van der Waals surface area contributed by atoms with E-state index >= 15 is 0 Å². The summed E-state index contributed by atoms with van der Waals surface area (Å²) in [5, 5.41) is 0. The van der Waals surface area contributed by atoms with Crippen LogP contribution in [0.4, 0.5) is 4.39 Å². The Kier molecular flexibility index (Phi) is 4.26. The Labute approximate surface area is 120 Å². The summed E-state index contributed by atoms with van der Waals surface area (Å²) in [7, 11) is 3.31. The number of rotatable bonds is 5. The SMILES string of the molecule is COC(=O)C1(CN(C)Cc2cc(Br)ccc2F)CC1. The van der Waals surface area contributed by atoms with Crippen LogP contribution in [0.5, 0.6) is 0 Å². The maximum absolute atomic E-state index is 13.7. The van der Waals surface area contributed by atoms with Gasteiger partial charge >= 0.3 is 5.97 Å². The molecule has 3 nitrogen and oxygen atoms in total. The average molecular weight is 330 g/mol. The Morgan fingerprint density at radius 2 is 2.21 bits per heavy atom. The topological polar surface area (TPSA) is 29.5 Å². The summed E-state index contributed by atoms with van der Waals surface area (Å²) in [6.07, 6.45) is 1.70. The van der Waals surface area contributed by atoms with E-state index in [-0.39, 0.29) is 17.2 Å². The molecule has 1 aliphatic carbocycles.